The van der Waals surface area contributed by atoms with Gasteiger partial charge in [0.1, 0.15) is 12.6 Å². The van der Waals surface area contributed by atoms with E-state index in [1.807, 2.05) is 0 Å². The smallest absolute Gasteiger partial charge is 0.326 e. The number of nitrogens with zero attached hydrogens (tertiary/aromatic N) is 1. The van der Waals surface area contributed by atoms with E-state index in [1.165, 1.54) is 7.11 Å². The highest BCUT2D eigenvalue weighted by Crippen LogP contribution is 2.31. The van der Waals surface area contributed by atoms with Crippen molar-refractivity contribution in [2.24, 2.45) is 0 Å². The predicted octanol–water partition coefficient (Wildman–Crippen LogP) is -0.440. The summed E-state index contributed by atoms with van der Waals surface area (Å²) in [4.78, 5) is 40.4. The number of carboxylic acids is 1. The van der Waals surface area contributed by atoms with Crippen molar-refractivity contribution in [3.63, 3.8) is 0 Å². The number of esters is 1. The number of thiazole rings is 1. The number of hydrogen-bond acceptors (Lipinski definition) is 8. The minimum atomic E-state index is -1.13. The molecule has 3 N–H and O–H groups in total. The first-order chi connectivity index (χ1) is 11.0. The van der Waals surface area contributed by atoms with Gasteiger partial charge in [-0.3, -0.25) is 29.1 Å². The average Bonchev–Trinajstić information content (AvgIpc) is 2.84. The molecule has 0 fully saturated rings. The molecule has 2 unspecified atom stereocenters. The molecule has 0 saturated heterocycles. The third-order valence-corrected chi connectivity index (χ3v) is 4.37. The molecule has 0 bridgehead atoms. The zero-order chi connectivity index (χ0) is 17.0. The molecule has 10 heteroatoms. The highest BCUT2D eigenvalue weighted by Gasteiger charge is 2.37. The first kappa shape index (κ1) is 17.3. The number of hydrogen-bond donors (Lipinski definition) is 3. The molecule has 1 aromatic rings. The van der Waals surface area contributed by atoms with E-state index in [1.54, 1.807) is 6.08 Å². The largest absolute Gasteiger partial charge is 0.480 e. The fraction of sp³-hybridized carbons (Fsp3) is 0.462. The second-order valence-corrected chi connectivity index (χ2v) is 5.72. The van der Waals surface area contributed by atoms with Gasteiger partial charge in [0.15, 0.2) is 0 Å². The predicted molar refractivity (Wildman–Crippen MR) is 81.0 cm³/mol. The van der Waals surface area contributed by atoms with Gasteiger partial charge in [-0.05, 0) is 0 Å². The minimum absolute atomic E-state index is 0.240. The number of ether oxygens (including phenoxy) is 1. The zero-order valence-electron chi connectivity index (χ0n) is 12.4. The number of hydroxylamine groups is 1. The quantitative estimate of drug-likeness (QED) is 0.264. The summed E-state index contributed by atoms with van der Waals surface area (Å²) in [5, 5.41) is 12.2. The molecule has 0 aromatic carbocycles. The highest BCUT2D eigenvalue weighted by molar-refractivity contribution is 7.09. The lowest BCUT2D eigenvalue weighted by Gasteiger charge is -2.28. The van der Waals surface area contributed by atoms with Gasteiger partial charge in [0.05, 0.1) is 30.3 Å². The van der Waals surface area contributed by atoms with Crippen molar-refractivity contribution < 1.29 is 24.3 Å². The molecule has 1 aliphatic rings. The molecule has 2 rings (SSSR count). The van der Waals surface area contributed by atoms with Crippen molar-refractivity contribution in [3.8, 4) is 0 Å². The molecule has 2 heterocycles. The standard InChI is InChI=1S/C13H17N3O6S/c1-3-4-22-15-7-5-14-9(12(18)19)10-11(7)23-13(20)16(10)6-8(17)21-2/h3,7,9,14-15H,1,4-6H2,2H3,(H,18,19). The van der Waals surface area contributed by atoms with Crippen LogP contribution < -0.4 is 15.7 Å². The van der Waals surface area contributed by atoms with Crippen molar-refractivity contribution >= 4 is 23.3 Å². The molecule has 0 radical (unpaired) electrons. The summed E-state index contributed by atoms with van der Waals surface area (Å²) >= 11 is 0.885. The molecule has 1 aromatic heterocycles. The third kappa shape index (κ3) is 3.67. The molecule has 9 nitrogen and oxygen atoms in total. The van der Waals surface area contributed by atoms with E-state index in [2.05, 4.69) is 22.1 Å². The fourth-order valence-electron chi connectivity index (χ4n) is 2.26. The number of nitrogens with one attached hydrogen (secondary N) is 2. The van der Waals surface area contributed by atoms with Gasteiger partial charge in [0, 0.05) is 6.54 Å². The van der Waals surface area contributed by atoms with Crippen LogP contribution in [0.15, 0.2) is 17.4 Å². The topological polar surface area (TPSA) is 119 Å². The first-order valence-corrected chi connectivity index (χ1v) is 7.55. The van der Waals surface area contributed by atoms with E-state index in [4.69, 9.17) is 4.84 Å². The van der Waals surface area contributed by atoms with E-state index in [0.717, 1.165) is 15.9 Å². The number of aromatic nitrogens is 1. The Morgan fingerprint density at radius 2 is 2.35 bits per heavy atom. The normalized spacial score (nSPS) is 19.9. The summed E-state index contributed by atoms with van der Waals surface area (Å²) in [5.74, 6) is -1.76. The zero-order valence-corrected chi connectivity index (χ0v) is 13.2. The lowest BCUT2D eigenvalue weighted by molar-refractivity contribution is -0.143. The average molecular weight is 343 g/mol. The minimum Gasteiger partial charge on any atom is -0.480 e. The molecular weight excluding hydrogens is 326 g/mol. The van der Waals surface area contributed by atoms with E-state index in [-0.39, 0.29) is 25.4 Å². The Morgan fingerprint density at radius 1 is 1.61 bits per heavy atom. The van der Waals surface area contributed by atoms with Crippen LogP contribution in [0.25, 0.3) is 0 Å². The number of rotatable bonds is 7. The lowest BCUT2D eigenvalue weighted by Crippen LogP contribution is -2.43. The van der Waals surface area contributed by atoms with Crippen LogP contribution in [-0.4, -0.2) is 41.9 Å². The molecule has 0 aliphatic carbocycles. The number of aliphatic carboxylic acids is 1. The van der Waals surface area contributed by atoms with Gasteiger partial charge in [-0.15, -0.1) is 6.58 Å². The first-order valence-electron chi connectivity index (χ1n) is 6.74. The van der Waals surface area contributed by atoms with Crippen molar-refractivity contribution in [3.05, 3.63) is 32.9 Å². The molecule has 2 atom stereocenters. The van der Waals surface area contributed by atoms with Crippen LogP contribution in [0, 0.1) is 0 Å². The summed E-state index contributed by atoms with van der Waals surface area (Å²) in [6.07, 6.45) is 1.55. The SMILES string of the molecule is C=CCONC1CNC(C(=O)O)c2c1sc(=O)n2CC(=O)OC. The Balaban J connectivity index is 2.40. The summed E-state index contributed by atoms with van der Waals surface area (Å²) in [6.45, 7) is 3.70. The van der Waals surface area contributed by atoms with E-state index < -0.39 is 28.9 Å². The second-order valence-electron chi connectivity index (χ2n) is 4.73. The van der Waals surface area contributed by atoms with Crippen LogP contribution in [0.5, 0.6) is 0 Å². The number of carboxylic acid groups (broad SMARTS) is 1. The van der Waals surface area contributed by atoms with E-state index in [9.17, 15) is 19.5 Å². The van der Waals surface area contributed by atoms with Crippen LogP contribution >= 0.6 is 11.3 Å². The molecule has 0 amide bonds. The van der Waals surface area contributed by atoms with Gasteiger partial charge in [0.25, 0.3) is 0 Å². The number of fused-ring (bicyclic) bond motifs is 1. The third-order valence-electron chi connectivity index (χ3n) is 3.27. The van der Waals surface area contributed by atoms with Crippen molar-refractivity contribution in [2.45, 2.75) is 18.6 Å². The maximum Gasteiger partial charge on any atom is 0.326 e. The van der Waals surface area contributed by atoms with Gasteiger partial charge < -0.3 is 9.84 Å². The summed E-state index contributed by atoms with van der Waals surface area (Å²) in [5.41, 5.74) is 3.00. The van der Waals surface area contributed by atoms with Crippen LogP contribution in [-0.2, 0) is 25.7 Å². The van der Waals surface area contributed by atoms with Crippen molar-refractivity contribution in [1.29, 1.82) is 0 Å². The second kappa shape index (κ2) is 7.51. The number of methoxy groups -OCH3 is 1. The molecular formula is C13H17N3O6S. The summed E-state index contributed by atoms with van der Waals surface area (Å²) in [6, 6.07) is -1.48. The maximum atomic E-state index is 12.2. The molecule has 0 spiro atoms. The highest BCUT2D eigenvalue weighted by atomic mass is 32.1. The van der Waals surface area contributed by atoms with Crippen LogP contribution in [0.3, 0.4) is 0 Å². The Labute approximate surface area is 135 Å². The fourth-order valence-corrected chi connectivity index (χ4v) is 3.32. The Hall–Kier alpha value is -2.01. The molecule has 0 saturated carbocycles. The van der Waals surface area contributed by atoms with Crippen molar-refractivity contribution in [2.75, 3.05) is 20.3 Å². The van der Waals surface area contributed by atoms with Gasteiger partial charge >= 0.3 is 16.8 Å². The maximum absolute atomic E-state index is 12.2. The van der Waals surface area contributed by atoms with E-state index in [0.29, 0.717) is 4.88 Å². The van der Waals surface area contributed by atoms with Crippen molar-refractivity contribution in [1.82, 2.24) is 15.4 Å². The van der Waals surface area contributed by atoms with Gasteiger partial charge in [-0.25, -0.2) is 0 Å². The van der Waals surface area contributed by atoms with Crippen LogP contribution in [0.2, 0.25) is 0 Å². The Kier molecular flexibility index (Phi) is 5.66. The van der Waals surface area contributed by atoms with Crippen LogP contribution in [0.1, 0.15) is 22.7 Å². The van der Waals surface area contributed by atoms with Gasteiger partial charge in [-0.1, -0.05) is 17.4 Å². The summed E-state index contributed by atoms with van der Waals surface area (Å²) < 4.78 is 5.68. The monoisotopic (exact) mass is 343 g/mol. The Morgan fingerprint density at radius 3 is 2.96 bits per heavy atom. The lowest BCUT2D eigenvalue weighted by atomic mass is 10.0. The number of carbonyl (C=O) groups is 2. The molecule has 1 aliphatic heterocycles. The van der Waals surface area contributed by atoms with Gasteiger partial charge in [0.2, 0.25) is 0 Å². The number of carbonyl (C=O) groups excluding carboxylic acids is 1. The molecule has 23 heavy (non-hydrogen) atoms. The molecule has 126 valence electrons. The van der Waals surface area contributed by atoms with Crippen LogP contribution in [0.4, 0.5) is 0 Å². The Bertz CT molecular complexity index is 667. The summed E-state index contributed by atoms with van der Waals surface area (Å²) in [7, 11) is 1.20. The van der Waals surface area contributed by atoms with E-state index >= 15 is 0 Å². The van der Waals surface area contributed by atoms with Gasteiger partial charge in [-0.2, -0.15) is 5.48 Å².